The van der Waals surface area contributed by atoms with Crippen LogP contribution in [-0.2, 0) is 0 Å². The highest BCUT2D eigenvalue weighted by atomic mass is 35.5. The van der Waals surface area contributed by atoms with E-state index >= 15 is 0 Å². The highest BCUT2D eigenvalue weighted by molar-refractivity contribution is 6.34. The molecule has 0 bridgehead atoms. The summed E-state index contributed by atoms with van der Waals surface area (Å²) in [4.78, 5) is 8.83. The number of benzene rings is 1. The van der Waals surface area contributed by atoms with E-state index in [1.54, 1.807) is 6.20 Å². The highest BCUT2D eigenvalue weighted by Gasteiger charge is 2.13. The smallest absolute Gasteiger partial charge is 0.223 e. The molecule has 2 heterocycles. The molecule has 0 unspecified atom stereocenters. The predicted octanol–water partition coefficient (Wildman–Crippen LogP) is 4.67. The van der Waals surface area contributed by atoms with E-state index in [9.17, 15) is 0 Å². The minimum atomic E-state index is 0.606. The van der Waals surface area contributed by atoms with Gasteiger partial charge in [0, 0.05) is 18.1 Å². The van der Waals surface area contributed by atoms with Crippen LogP contribution in [0.2, 0.25) is 5.02 Å². The normalized spacial score (nSPS) is 11.0. The zero-order valence-corrected chi connectivity index (χ0v) is 12.7. The molecule has 21 heavy (non-hydrogen) atoms. The zero-order valence-electron chi connectivity index (χ0n) is 12.0. The molecule has 5 heteroatoms. The summed E-state index contributed by atoms with van der Waals surface area (Å²) in [5, 5.41) is 4.76. The number of aryl methyl sites for hydroxylation is 1. The topological polar surface area (TPSA) is 51.0 Å². The monoisotopic (exact) mass is 301 g/mol. The number of rotatable bonds is 4. The lowest BCUT2D eigenvalue weighted by Crippen LogP contribution is -2.05. The van der Waals surface area contributed by atoms with Crippen LogP contribution in [0.4, 0.5) is 5.95 Å². The second-order valence-corrected chi connectivity index (χ2v) is 5.33. The molecule has 0 aliphatic heterocycles. The van der Waals surface area contributed by atoms with Gasteiger partial charge in [0.05, 0.1) is 5.02 Å². The van der Waals surface area contributed by atoms with Gasteiger partial charge in [-0.1, -0.05) is 30.7 Å². The summed E-state index contributed by atoms with van der Waals surface area (Å²) in [5.74, 6) is 1.32. The molecule has 2 aromatic heterocycles. The molecule has 3 aromatic rings. The van der Waals surface area contributed by atoms with E-state index in [-0.39, 0.29) is 0 Å². The van der Waals surface area contributed by atoms with Crippen molar-refractivity contribution in [2.75, 3.05) is 11.9 Å². The van der Waals surface area contributed by atoms with E-state index < -0.39 is 0 Å². The summed E-state index contributed by atoms with van der Waals surface area (Å²) in [6, 6.07) is 7.66. The average molecular weight is 302 g/mol. The Morgan fingerprint density at radius 1 is 1.33 bits per heavy atom. The summed E-state index contributed by atoms with van der Waals surface area (Å²) < 4.78 is 5.88. The molecule has 3 rings (SSSR count). The molecule has 0 amide bonds. The predicted molar refractivity (Wildman–Crippen MR) is 85.8 cm³/mol. The van der Waals surface area contributed by atoms with Crippen LogP contribution in [0.25, 0.3) is 22.4 Å². The maximum Gasteiger partial charge on any atom is 0.223 e. The quantitative estimate of drug-likeness (QED) is 0.760. The van der Waals surface area contributed by atoms with Crippen molar-refractivity contribution < 1.29 is 4.42 Å². The van der Waals surface area contributed by atoms with Crippen LogP contribution in [0.15, 0.2) is 34.9 Å². The summed E-state index contributed by atoms with van der Waals surface area (Å²) in [5.41, 5.74) is 2.44. The molecule has 4 nitrogen and oxygen atoms in total. The SMILES string of the molecule is CCCNc1ncc(C)c(-c2cc3cccc(Cl)c3o2)n1. The van der Waals surface area contributed by atoms with Crippen molar-refractivity contribution in [3.63, 3.8) is 0 Å². The van der Waals surface area contributed by atoms with Crippen LogP contribution in [0.3, 0.4) is 0 Å². The molecule has 0 fully saturated rings. The Morgan fingerprint density at radius 2 is 2.19 bits per heavy atom. The standard InChI is InChI=1S/C16H16ClN3O/c1-3-7-18-16-19-9-10(2)14(20-16)13-8-11-5-4-6-12(17)15(11)21-13/h4-6,8-9H,3,7H2,1-2H3,(H,18,19,20). The molecular formula is C16H16ClN3O. The first-order valence-corrected chi connectivity index (χ1v) is 7.32. The van der Waals surface area contributed by atoms with E-state index in [0.717, 1.165) is 29.6 Å². The third-order valence-corrected chi connectivity index (χ3v) is 3.53. The Morgan fingerprint density at radius 3 is 2.95 bits per heavy atom. The largest absolute Gasteiger partial charge is 0.453 e. The Hall–Kier alpha value is -2.07. The highest BCUT2D eigenvalue weighted by Crippen LogP contribution is 2.32. The fraction of sp³-hybridized carbons (Fsp3) is 0.250. The fourth-order valence-electron chi connectivity index (χ4n) is 2.16. The molecule has 0 spiro atoms. The van der Waals surface area contributed by atoms with Crippen molar-refractivity contribution in [2.45, 2.75) is 20.3 Å². The maximum absolute atomic E-state index is 6.16. The van der Waals surface area contributed by atoms with E-state index in [1.165, 1.54) is 0 Å². The molecule has 108 valence electrons. The second kappa shape index (κ2) is 5.74. The van der Waals surface area contributed by atoms with E-state index in [4.69, 9.17) is 16.0 Å². The number of para-hydroxylation sites is 1. The van der Waals surface area contributed by atoms with Crippen molar-refractivity contribution in [1.29, 1.82) is 0 Å². The van der Waals surface area contributed by atoms with Gasteiger partial charge in [0.1, 0.15) is 5.69 Å². The lowest BCUT2D eigenvalue weighted by molar-refractivity contribution is 0.628. The number of furan rings is 1. The van der Waals surface area contributed by atoms with Gasteiger partial charge in [-0.25, -0.2) is 9.97 Å². The van der Waals surface area contributed by atoms with E-state index in [2.05, 4.69) is 22.2 Å². The van der Waals surface area contributed by atoms with Crippen molar-refractivity contribution in [1.82, 2.24) is 9.97 Å². The minimum absolute atomic E-state index is 0.606. The van der Waals surface area contributed by atoms with Gasteiger partial charge in [-0.15, -0.1) is 0 Å². The van der Waals surface area contributed by atoms with Gasteiger partial charge in [0.15, 0.2) is 11.3 Å². The Bertz CT molecular complexity index is 782. The Kier molecular flexibility index (Phi) is 3.80. The molecule has 0 saturated heterocycles. The number of hydrogen-bond donors (Lipinski definition) is 1. The van der Waals surface area contributed by atoms with Gasteiger partial charge in [0.25, 0.3) is 0 Å². The summed E-state index contributed by atoms with van der Waals surface area (Å²) in [6.45, 7) is 4.91. The van der Waals surface area contributed by atoms with Crippen molar-refractivity contribution in [2.24, 2.45) is 0 Å². The molecule has 0 aliphatic carbocycles. The third-order valence-electron chi connectivity index (χ3n) is 3.23. The average Bonchev–Trinajstić information content (AvgIpc) is 2.92. The van der Waals surface area contributed by atoms with Crippen molar-refractivity contribution in [3.05, 3.63) is 41.0 Å². The Balaban J connectivity index is 2.06. The van der Waals surface area contributed by atoms with Crippen LogP contribution >= 0.6 is 11.6 Å². The van der Waals surface area contributed by atoms with Crippen molar-refractivity contribution in [3.8, 4) is 11.5 Å². The molecule has 0 saturated carbocycles. The molecule has 0 radical (unpaired) electrons. The van der Waals surface area contributed by atoms with Crippen LogP contribution < -0.4 is 5.32 Å². The summed E-state index contributed by atoms with van der Waals surface area (Å²) >= 11 is 6.16. The maximum atomic E-state index is 6.16. The first-order valence-electron chi connectivity index (χ1n) is 6.95. The zero-order chi connectivity index (χ0) is 14.8. The number of nitrogens with zero attached hydrogens (tertiary/aromatic N) is 2. The van der Waals surface area contributed by atoms with E-state index in [1.807, 2.05) is 31.2 Å². The van der Waals surface area contributed by atoms with Crippen molar-refractivity contribution >= 4 is 28.5 Å². The number of anilines is 1. The number of hydrogen-bond acceptors (Lipinski definition) is 4. The molecule has 1 aromatic carbocycles. The first-order chi connectivity index (χ1) is 10.2. The number of halogens is 1. The van der Waals surface area contributed by atoms with E-state index in [0.29, 0.717) is 22.3 Å². The van der Waals surface area contributed by atoms with Gasteiger partial charge in [0.2, 0.25) is 5.95 Å². The van der Waals surface area contributed by atoms with Gasteiger partial charge in [-0.2, -0.15) is 0 Å². The summed E-state index contributed by atoms with van der Waals surface area (Å²) in [7, 11) is 0. The lowest BCUT2D eigenvalue weighted by atomic mass is 10.2. The van der Waals surface area contributed by atoms with Crippen LogP contribution in [0.1, 0.15) is 18.9 Å². The second-order valence-electron chi connectivity index (χ2n) is 4.92. The number of aromatic nitrogens is 2. The first kappa shape index (κ1) is 13.9. The van der Waals surface area contributed by atoms with Gasteiger partial charge < -0.3 is 9.73 Å². The molecular weight excluding hydrogens is 286 g/mol. The third kappa shape index (κ3) is 2.72. The van der Waals surface area contributed by atoms with Gasteiger partial charge >= 0.3 is 0 Å². The molecule has 0 atom stereocenters. The lowest BCUT2D eigenvalue weighted by Gasteiger charge is -2.06. The number of fused-ring (bicyclic) bond motifs is 1. The summed E-state index contributed by atoms with van der Waals surface area (Å²) in [6.07, 6.45) is 2.82. The van der Waals surface area contributed by atoms with Crippen LogP contribution in [-0.4, -0.2) is 16.5 Å². The van der Waals surface area contributed by atoms with Gasteiger partial charge in [-0.3, -0.25) is 0 Å². The van der Waals surface area contributed by atoms with Crippen LogP contribution in [0.5, 0.6) is 0 Å². The Labute approximate surface area is 128 Å². The minimum Gasteiger partial charge on any atom is -0.453 e. The number of nitrogens with one attached hydrogen (secondary N) is 1. The molecule has 1 N–H and O–H groups in total. The fourth-order valence-corrected chi connectivity index (χ4v) is 2.38. The molecule has 0 aliphatic rings. The van der Waals surface area contributed by atoms with Gasteiger partial charge in [-0.05, 0) is 31.0 Å². The van der Waals surface area contributed by atoms with Crippen LogP contribution in [0, 0.1) is 6.92 Å².